The van der Waals surface area contributed by atoms with E-state index in [-0.39, 0.29) is 42.4 Å². The van der Waals surface area contributed by atoms with Crippen molar-refractivity contribution in [3.8, 4) is 5.75 Å². The van der Waals surface area contributed by atoms with Gasteiger partial charge in [0, 0.05) is 47.4 Å². The first kappa shape index (κ1) is 25.8. The molecule has 0 atom stereocenters. The molecule has 0 radical (unpaired) electrons. The third-order valence-electron chi connectivity index (χ3n) is 5.75. The number of carbonyl (C=O) groups excluding carboxylic acids is 2. The van der Waals surface area contributed by atoms with E-state index in [1.807, 2.05) is 0 Å². The van der Waals surface area contributed by atoms with Crippen molar-refractivity contribution in [3.63, 3.8) is 0 Å². The zero-order valence-electron chi connectivity index (χ0n) is 20.2. The number of methoxy groups -OCH3 is 1. The van der Waals surface area contributed by atoms with Crippen molar-refractivity contribution in [1.82, 2.24) is 19.8 Å². The van der Waals surface area contributed by atoms with Crippen LogP contribution in [0.1, 0.15) is 33.5 Å². The van der Waals surface area contributed by atoms with Crippen LogP contribution in [-0.2, 0) is 29.4 Å². The average molecular weight is 485 g/mol. The van der Waals surface area contributed by atoms with E-state index < -0.39 is 17.2 Å². The first-order valence-electron chi connectivity index (χ1n) is 11.1. The van der Waals surface area contributed by atoms with E-state index in [4.69, 9.17) is 4.74 Å². The Morgan fingerprint density at radius 1 is 1.23 bits per heavy atom. The number of nitrogens with zero attached hydrogens (tertiary/aromatic N) is 3. The molecule has 0 aliphatic rings. The van der Waals surface area contributed by atoms with Crippen molar-refractivity contribution < 1.29 is 23.8 Å². The highest BCUT2D eigenvalue weighted by molar-refractivity contribution is 6.01. The molecule has 0 saturated heterocycles. The van der Waals surface area contributed by atoms with Crippen LogP contribution in [-0.4, -0.2) is 65.7 Å². The fourth-order valence-corrected chi connectivity index (χ4v) is 3.77. The molecule has 10 heteroatoms. The lowest BCUT2D eigenvalue weighted by molar-refractivity contribution is -0.128. The number of rotatable bonds is 9. The van der Waals surface area contributed by atoms with Crippen LogP contribution in [0.3, 0.4) is 0 Å². The Labute approximate surface area is 202 Å². The summed E-state index contributed by atoms with van der Waals surface area (Å²) in [6, 6.07) is 6.15. The third-order valence-corrected chi connectivity index (χ3v) is 5.75. The van der Waals surface area contributed by atoms with Gasteiger partial charge in [0.05, 0.1) is 12.1 Å². The van der Waals surface area contributed by atoms with Gasteiger partial charge in [-0.15, -0.1) is 0 Å². The fraction of sp³-hybridized carbons (Fsp3) is 0.360. The number of halogens is 1. The highest BCUT2D eigenvalue weighted by Gasteiger charge is 2.22. The Balaban J connectivity index is 1.94. The number of aryl methyl sites for hydroxylation is 2. The number of aromatic hydroxyl groups is 1. The molecule has 0 unspecified atom stereocenters. The van der Waals surface area contributed by atoms with Crippen molar-refractivity contribution in [2.75, 3.05) is 34.4 Å². The van der Waals surface area contributed by atoms with Crippen molar-refractivity contribution >= 4 is 22.8 Å². The van der Waals surface area contributed by atoms with Crippen LogP contribution in [0.2, 0.25) is 0 Å². The molecule has 2 heterocycles. The Kier molecular flexibility index (Phi) is 8.18. The van der Waals surface area contributed by atoms with Crippen LogP contribution >= 0.6 is 0 Å². The van der Waals surface area contributed by atoms with Gasteiger partial charge in [-0.3, -0.25) is 19.4 Å². The maximum atomic E-state index is 13.9. The van der Waals surface area contributed by atoms with Crippen LogP contribution in [0.4, 0.5) is 4.39 Å². The molecule has 0 fully saturated rings. The second-order valence-corrected chi connectivity index (χ2v) is 8.43. The standard InChI is InChI=1S/C25H29FN4O5/c1-29(2)20(31)8-6-17-13-18(26)7-5-16(17)11-15-12-19-22(28-14-15)23(32)21(25(34)30(19)3)24(33)27-9-10-35-4/h5,7,12-14,32H,6,8-11H2,1-4H3,(H,27,33). The predicted molar refractivity (Wildman–Crippen MR) is 129 cm³/mol. The summed E-state index contributed by atoms with van der Waals surface area (Å²) in [5.41, 5.74) is 1.67. The first-order valence-corrected chi connectivity index (χ1v) is 11.1. The second-order valence-electron chi connectivity index (χ2n) is 8.43. The van der Waals surface area contributed by atoms with Gasteiger partial charge in [0.2, 0.25) is 5.91 Å². The summed E-state index contributed by atoms with van der Waals surface area (Å²) in [4.78, 5) is 43.1. The number of amides is 2. The molecule has 0 bridgehead atoms. The Bertz CT molecular complexity index is 1320. The molecule has 2 N–H and O–H groups in total. The van der Waals surface area contributed by atoms with Gasteiger partial charge >= 0.3 is 0 Å². The number of pyridine rings is 2. The van der Waals surface area contributed by atoms with E-state index in [0.29, 0.717) is 23.9 Å². The van der Waals surface area contributed by atoms with E-state index in [2.05, 4.69) is 10.3 Å². The van der Waals surface area contributed by atoms with E-state index in [9.17, 15) is 23.9 Å². The Hall–Kier alpha value is -3.79. The first-order chi connectivity index (χ1) is 16.6. The number of fused-ring (bicyclic) bond motifs is 1. The molecule has 0 saturated carbocycles. The van der Waals surface area contributed by atoms with Gasteiger partial charge in [-0.2, -0.15) is 0 Å². The number of nitrogens with one attached hydrogen (secondary N) is 1. The number of hydrogen-bond donors (Lipinski definition) is 2. The lowest BCUT2D eigenvalue weighted by Gasteiger charge is -2.14. The topological polar surface area (TPSA) is 114 Å². The van der Waals surface area contributed by atoms with Crippen LogP contribution in [0.5, 0.6) is 5.75 Å². The smallest absolute Gasteiger partial charge is 0.267 e. The molecule has 186 valence electrons. The average Bonchev–Trinajstić information content (AvgIpc) is 2.82. The van der Waals surface area contributed by atoms with Crippen LogP contribution in [0.15, 0.2) is 35.3 Å². The van der Waals surface area contributed by atoms with Crippen LogP contribution in [0.25, 0.3) is 11.0 Å². The minimum atomic E-state index is -0.712. The van der Waals surface area contributed by atoms with Gasteiger partial charge < -0.3 is 24.6 Å². The van der Waals surface area contributed by atoms with Crippen LogP contribution < -0.4 is 10.9 Å². The second kappa shape index (κ2) is 11.1. The molecule has 9 nitrogen and oxygen atoms in total. The normalized spacial score (nSPS) is 11.0. The summed E-state index contributed by atoms with van der Waals surface area (Å²) in [5, 5.41) is 13.2. The van der Waals surface area contributed by atoms with E-state index >= 15 is 0 Å². The van der Waals surface area contributed by atoms with Crippen molar-refractivity contribution in [1.29, 1.82) is 0 Å². The highest BCUT2D eigenvalue weighted by Crippen LogP contribution is 2.26. The van der Waals surface area contributed by atoms with E-state index in [1.165, 1.54) is 42.0 Å². The molecule has 1 aromatic carbocycles. The van der Waals surface area contributed by atoms with Gasteiger partial charge in [-0.05, 0) is 47.7 Å². The molecule has 3 aromatic rings. The number of hydrogen-bond acceptors (Lipinski definition) is 6. The monoisotopic (exact) mass is 484 g/mol. The summed E-state index contributed by atoms with van der Waals surface area (Å²) in [6.45, 7) is 0.444. The zero-order chi connectivity index (χ0) is 25.7. The lowest BCUT2D eigenvalue weighted by atomic mass is 9.97. The van der Waals surface area contributed by atoms with Crippen molar-refractivity contribution in [3.05, 3.63) is 68.9 Å². The SMILES string of the molecule is COCCNC(=O)c1c(O)c2ncc(Cc3ccc(F)cc3CCC(=O)N(C)C)cc2n(C)c1=O. The van der Waals surface area contributed by atoms with Crippen molar-refractivity contribution in [2.24, 2.45) is 7.05 Å². The van der Waals surface area contributed by atoms with E-state index in [0.717, 1.165) is 11.1 Å². The quantitative estimate of drug-likeness (QED) is 0.448. The Morgan fingerprint density at radius 2 is 1.97 bits per heavy atom. The third kappa shape index (κ3) is 5.83. The molecule has 0 spiro atoms. The summed E-state index contributed by atoms with van der Waals surface area (Å²) >= 11 is 0. The van der Waals surface area contributed by atoms with Gasteiger partial charge in [-0.25, -0.2) is 4.39 Å². The maximum Gasteiger partial charge on any atom is 0.267 e. The molecule has 2 aromatic heterocycles. The number of aromatic nitrogens is 2. The van der Waals surface area contributed by atoms with E-state index in [1.54, 1.807) is 26.2 Å². The molecule has 3 rings (SSSR count). The summed E-state index contributed by atoms with van der Waals surface area (Å²) in [7, 11) is 6.32. The van der Waals surface area contributed by atoms with Gasteiger partial charge in [0.25, 0.3) is 11.5 Å². The lowest BCUT2D eigenvalue weighted by Crippen LogP contribution is -2.34. The molecule has 35 heavy (non-hydrogen) atoms. The fourth-order valence-electron chi connectivity index (χ4n) is 3.77. The number of ether oxygens (including phenoxy) is 1. The van der Waals surface area contributed by atoms with Gasteiger partial charge in [0.1, 0.15) is 16.9 Å². The summed E-state index contributed by atoms with van der Waals surface area (Å²) in [6.07, 6.45) is 2.54. The summed E-state index contributed by atoms with van der Waals surface area (Å²) in [5.74, 6) is -1.65. The largest absolute Gasteiger partial charge is 0.505 e. The van der Waals surface area contributed by atoms with Crippen LogP contribution in [0, 0.1) is 5.82 Å². The highest BCUT2D eigenvalue weighted by atomic mass is 19.1. The van der Waals surface area contributed by atoms with Gasteiger partial charge in [-0.1, -0.05) is 6.07 Å². The molecular weight excluding hydrogens is 455 g/mol. The number of carbonyl (C=O) groups is 2. The number of benzene rings is 1. The molecule has 2 amide bonds. The molecular formula is C25H29FN4O5. The zero-order valence-corrected chi connectivity index (χ0v) is 20.2. The predicted octanol–water partition coefficient (Wildman–Crippen LogP) is 1.77. The van der Waals surface area contributed by atoms with Crippen molar-refractivity contribution in [2.45, 2.75) is 19.3 Å². The minimum absolute atomic E-state index is 0.0554. The minimum Gasteiger partial charge on any atom is -0.505 e. The van der Waals surface area contributed by atoms with Gasteiger partial charge in [0.15, 0.2) is 5.75 Å². The summed E-state index contributed by atoms with van der Waals surface area (Å²) < 4.78 is 20.1. The Morgan fingerprint density at radius 3 is 2.66 bits per heavy atom. The molecule has 0 aliphatic carbocycles. The molecule has 0 aliphatic heterocycles. The maximum absolute atomic E-state index is 13.9.